The molecule has 0 bridgehead atoms. The number of piperidine rings is 2. The lowest BCUT2D eigenvalue weighted by Gasteiger charge is -2.37. The summed E-state index contributed by atoms with van der Waals surface area (Å²) in [5, 5.41) is 1.26. The molecule has 2 aliphatic rings. The van der Waals surface area contributed by atoms with E-state index < -0.39 is 10.0 Å². The highest BCUT2D eigenvalue weighted by molar-refractivity contribution is 7.89. The van der Waals surface area contributed by atoms with Crippen molar-refractivity contribution in [2.75, 3.05) is 33.3 Å². The number of methoxy groups -OCH3 is 1. The lowest BCUT2D eigenvalue weighted by atomic mass is 9.88. The average molecular weight is 482 g/mol. The molecule has 0 saturated carbocycles. The molecule has 7 nitrogen and oxygen atoms in total. The number of rotatable bonds is 5. The molecule has 1 atom stereocenters. The van der Waals surface area contributed by atoms with Crippen molar-refractivity contribution < 1.29 is 17.9 Å². The molecule has 1 aromatic heterocycles. The highest BCUT2D eigenvalue weighted by Crippen LogP contribution is 2.34. The third-order valence-corrected chi connectivity index (χ3v) is 9.18. The molecule has 2 saturated heterocycles. The Morgan fingerprint density at radius 2 is 1.74 bits per heavy atom. The van der Waals surface area contributed by atoms with E-state index in [0.29, 0.717) is 37.7 Å². The van der Waals surface area contributed by atoms with E-state index in [9.17, 15) is 13.2 Å². The maximum absolute atomic E-state index is 13.3. The number of likely N-dealkylation sites (tertiary alicyclic amines) is 1. The van der Waals surface area contributed by atoms with Crippen LogP contribution in [0.15, 0.2) is 59.6 Å². The van der Waals surface area contributed by atoms with Crippen molar-refractivity contribution in [3.8, 4) is 5.75 Å². The first kappa shape index (κ1) is 22.9. The van der Waals surface area contributed by atoms with E-state index in [1.165, 1.54) is 15.3 Å². The third kappa shape index (κ3) is 4.32. The van der Waals surface area contributed by atoms with Gasteiger partial charge in [-0.15, -0.1) is 0 Å². The second-order valence-electron chi connectivity index (χ2n) is 9.27. The summed E-state index contributed by atoms with van der Waals surface area (Å²) < 4.78 is 32.9. The van der Waals surface area contributed by atoms with Crippen molar-refractivity contribution in [3.63, 3.8) is 0 Å². The monoisotopic (exact) mass is 481 g/mol. The molecule has 2 aromatic carbocycles. The van der Waals surface area contributed by atoms with Crippen LogP contribution in [0.25, 0.3) is 10.9 Å². The molecule has 1 N–H and O–H groups in total. The van der Waals surface area contributed by atoms with Crippen LogP contribution in [0.3, 0.4) is 0 Å². The molecule has 2 aliphatic heterocycles. The fraction of sp³-hybridized carbons (Fsp3) is 0.423. The summed E-state index contributed by atoms with van der Waals surface area (Å²) in [5.41, 5.74) is 2.48. The summed E-state index contributed by atoms with van der Waals surface area (Å²) in [6.07, 6.45) is 5.38. The van der Waals surface area contributed by atoms with Crippen molar-refractivity contribution in [2.45, 2.75) is 36.5 Å². The molecule has 1 unspecified atom stereocenters. The van der Waals surface area contributed by atoms with E-state index in [1.807, 2.05) is 11.0 Å². The van der Waals surface area contributed by atoms with Gasteiger partial charge in [0.15, 0.2) is 0 Å². The van der Waals surface area contributed by atoms with Gasteiger partial charge >= 0.3 is 0 Å². The Labute approximate surface area is 200 Å². The maximum Gasteiger partial charge on any atom is 0.243 e. The highest BCUT2D eigenvalue weighted by atomic mass is 32.2. The molecule has 5 rings (SSSR count). The number of aromatic amines is 1. The maximum atomic E-state index is 13.3. The Hall–Kier alpha value is -2.84. The van der Waals surface area contributed by atoms with Gasteiger partial charge in [0, 0.05) is 43.3 Å². The van der Waals surface area contributed by atoms with Crippen molar-refractivity contribution in [3.05, 3.63) is 60.3 Å². The van der Waals surface area contributed by atoms with Crippen LogP contribution in [0, 0.1) is 5.92 Å². The molecule has 0 aliphatic carbocycles. The largest absolute Gasteiger partial charge is 0.497 e. The van der Waals surface area contributed by atoms with Crippen molar-refractivity contribution >= 4 is 26.8 Å². The van der Waals surface area contributed by atoms with E-state index in [4.69, 9.17) is 4.74 Å². The molecule has 0 spiro atoms. The quantitative estimate of drug-likeness (QED) is 0.598. The van der Waals surface area contributed by atoms with Gasteiger partial charge in [-0.1, -0.05) is 18.2 Å². The smallest absolute Gasteiger partial charge is 0.243 e. The van der Waals surface area contributed by atoms with E-state index in [2.05, 4.69) is 29.4 Å². The number of amides is 1. The number of carbonyl (C=O) groups excluding carboxylic acids is 1. The zero-order valence-corrected chi connectivity index (χ0v) is 20.3. The number of benzene rings is 2. The summed E-state index contributed by atoms with van der Waals surface area (Å²) >= 11 is 0. The number of para-hydroxylation sites is 1. The molecule has 3 heterocycles. The second kappa shape index (κ2) is 9.43. The molecular formula is C26H31N3O4S. The summed E-state index contributed by atoms with van der Waals surface area (Å²) in [7, 11) is -2.09. The highest BCUT2D eigenvalue weighted by Gasteiger charge is 2.36. The van der Waals surface area contributed by atoms with Gasteiger partial charge in [-0.25, -0.2) is 8.42 Å². The number of nitrogens with one attached hydrogen (secondary N) is 1. The lowest BCUT2D eigenvalue weighted by molar-refractivity contribution is -0.137. The predicted octanol–water partition coefficient (Wildman–Crippen LogP) is 3.98. The fourth-order valence-electron chi connectivity index (χ4n) is 5.36. The van der Waals surface area contributed by atoms with Crippen LogP contribution in [0.4, 0.5) is 0 Å². The number of ether oxygens (including phenoxy) is 1. The number of fused-ring (bicyclic) bond motifs is 1. The van der Waals surface area contributed by atoms with E-state index in [0.717, 1.165) is 24.8 Å². The topological polar surface area (TPSA) is 82.7 Å². The van der Waals surface area contributed by atoms with Crippen LogP contribution in [0.2, 0.25) is 0 Å². The molecule has 1 amide bonds. The first-order chi connectivity index (χ1) is 16.5. The van der Waals surface area contributed by atoms with Gasteiger partial charge in [0.05, 0.1) is 17.9 Å². The summed E-state index contributed by atoms with van der Waals surface area (Å²) in [6, 6.07) is 14.8. The number of hydrogen-bond acceptors (Lipinski definition) is 4. The number of carbonyl (C=O) groups is 1. The van der Waals surface area contributed by atoms with Crippen LogP contribution >= 0.6 is 0 Å². The number of H-pyrrole nitrogens is 1. The standard InChI is InChI=1S/C26H31N3O4S/c1-33-21-8-10-22(11-9-21)34(31,32)29-14-4-5-20(18-29)26(30)28-15-12-19(13-16-28)24-17-27-25-7-3-2-6-23(24)25/h2-3,6-11,17,19-20,27H,4-5,12-16,18H2,1H3. The molecule has 180 valence electrons. The van der Waals surface area contributed by atoms with Gasteiger partial charge in [-0.05, 0) is 67.5 Å². The molecule has 0 radical (unpaired) electrons. The lowest BCUT2D eigenvalue weighted by Crippen LogP contribution is -2.48. The van der Waals surface area contributed by atoms with Crippen LogP contribution in [-0.2, 0) is 14.8 Å². The molecule has 2 fully saturated rings. The fourth-order valence-corrected chi connectivity index (χ4v) is 6.88. The number of nitrogens with zero attached hydrogens (tertiary/aromatic N) is 2. The van der Waals surface area contributed by atoms with Gasteiger partial charge in [0.2, 0.25) is 15.9 Å². The predicted molar refractivity (Wildman–Crippen MR) is 131 cm³/mol. The van der Waals surface area contributed by atoms with Crippen molar-refractivity contribution in [1.29, 1.82) is 0 Å². The van der Waals surface area contributed by atoms with Gasteiger partial charge < -0.3 is 14.6 Å². The normalized spacial score (nSPS) is 20.5. The number of sulfonamides is 1. The van der Waals surface area contributed by atoms with E-state index in [-0.39, 0.29) is 23.3 Å². The minimum absolute atomic E-state index is 0.0898. The second-order valence-corrected chi connectivity index (χ2v) is 11.2. The van der Waals surface area contributed by atoms with E-state index in [1.54, 1.807) is 31.4 Å². The minimum Gasteiger partial charge on any atom is -0.497 e. The van der Waals surface area contributed by atoms with Gasteiger partial charge in [0.1, 0.15) is 5.75 Å². The minimum atomic E-state index is -3.64. The summed E-state index contributed by atoms with van der Waals surface area (Å²) in [5.74, 6) is 0.846. The first-order valence-corrected chi connectivity index (χ1v) is 13.4. The zero-order chi connectivity index (χ0) is 23.7. The van der Waals surface area contributed by atoms with Gasteiger partial charge in [-0.3, -0.25) is 4.79 Å². The Bertz CT molecular complexity index is 1260. The van der Waals surface area contributed by atoms with Crippen LogP contribution < -0.4 is 4.74 Å². The van der Waals surface area contributed by atoms with E-state index >= 15 is 0 Å². The zero-order valence-electron chi connectivity index (χ0n) is 19.4. The summed E-state index contributed by atoms with van der Waals surface area (Å²) in [6.45, 7) is 2.12. The summed E-state index contributed by atoms with van der Waals surface area (Å²) in [4.78, 5) is 18.9. The van der Waals surface area contributed by atoms with Crippen molar-refractivity contribution in [1.82, 2.24) is 14.2 Å². The number of hydrogen-bond donors (Lipinski definition) is 1. The third-order valence-electron chi connectivity index (χ3n) is 7.30. The van der Waals surface area contributed by atoms with Crippen LogP contribution in [0.5, 0.6) is 5.75 Å². The number of aromatic nitrogens is 1. The Balaban J connectivity index is 1.23. The van der Waals surface area contributed by atoms with Gasteiger partial charge in [0.25, 0.3) is 0 Å². The first-order valence-electron chi connectivity index (χ1n) is 12.0. The average Bonchev–Trinajstić information content (AvgIpc) is 3.33. The Kier molecular flexibility index (Phi) is 6.36. The molecule has 8 heteroatoms. The molecule has 34 heavy (non-hydrogen) atoms. The van der Waals surface area contributed by atoms with Crippen LogP contribution in [0.1, 0.15) is 37.2 Å². The molecule has 3 aromatic rings. The Morgan fingerprint density at radius 1 is 1.00 bits per heavy atom. The van der Waals surface area contributed by atoms with Crippen LogP contribution in [-0.4, -0.2) is 61.8 Å². The Morgan fingerprint density at radius 3 is 2.47 bits per heavy atom. The SMILES string of the molecule is COc1ccc(S(=O)(=O)N2CCCC(C(=O)N3CCC(c4c[nH]c5ccccc45)CC3)C2)cc1. The van der Waals surface area contributed by atoms with Crippen molar-refractivity contribution in [2.24, 2.45) is 5.92 Å². The van der Waals surface area contributed by atoms with Gasteiger partial charge in [-0.2, -0.15) is 4.31 Å². The molecular weight excluding hydrogens is 450 g/mol.